The van der Waals surface area contributed by atoms with Gasteiger partial charge in [-0.15, -0.1) is 0 Å². The number of amides is 2. The number of ether oxygens (including phenoxy) is 1. The fourth-order valence-corrected chi connectivity index (χ4v) is 3.20. The van der Waals surface area contributed by atoms with E-state index in [1.54, 1.807) is 0 Å². The largest absolute Gasteiger partial charge is 0.507 e. The molecule has 0 fully saturated rings. The van der Waals surface area contributed by atoms with Gasteiger partial charge in [0.05, 0.1) is 0 Å². The lowest BCUT2D eigenvalue weighted by molar-refractivity contribution is -0.116. The normalized spacial score (nSPS) is 11.7. The third kappa shape index (κ3) is 9.45. The number of alkyl carbamates (subject to hydrolysis) is 1. The van der Waals surface area contributed by atoms with Crippen LogP contribution in [0.3, 0.4) is 0 Å². The molecule has 0 aliphatic rings. The molecule has 6 nitrogen and oxygen atoms in total. The van der Waals surface area contributed by atoms with Crippen molar-refractivity contribution in [2.45, 2.75) is 84.7 Å². The van der Waals surface area contributed by atoms with Gasteiger partial charge < -0.3 is 20.5 Å². The van der Waals surface area contributed by atoms with E-state index >= 15 is 0 Å². The number of aromatic hydroxyl groups is 1. The maximum Gasteiger partial charge on any atom is 0.407 e. The Hall–Kier alpha value is -2.50. The summed E-state index contributed by atoms with van der Waals surface area (Å²) in [4.78, 5) is 23.1. The number of unbranched alkanes of at least 4 members (excludes halogenated alkanes) is 3. The summed E-state index contributed by atoms with van der Waals surface area (Å²) in [6, 6.07) is 3.84. The van der Waals surface area contributed by atoms with Crippen LogP contribution in [0.15, 0.2) is 24.8 Å². The van der Waals surface area contributed by atoms with Gasteiger partial charge >= 0.3 is 6.09 Å². The van der Waals surface area contributed by atoms with E-state index in [4.69, 9.17) is 4.74 Å². The molecule has 1 aromatic carbocycles. The molecule has 1 rings (SSSR count). The topological polar surface area (TPSA) is 87.7 Å². The molecule has 6 heteroatoms. The Morgan fingerprint density at radius 3 is 1.87 bits per heavy atom. The fourth-order valence-electron chi connectivity index (χ4n) is 3.20. The summed E-state index contributed by atoms with van der Waals surface area (Å²) in [6.07, 6.45) is 4.52. The van der Waals surface area contributed by atoms with Crippen LogP contribution in [-0.2, 0) is 27.0 Å². The van der Waals surface area contributed by atoms with Gasteiger partial charge in [-0.05, 0) is 58.6 Å². The second-order valence-corrected chi connectivity index (χ2v) is 9.95. The minimum atomic E-state index is -0.444. The number of carbonyl (C=O) groups excluding carboxylic acids is 2. The van der Waals surface area contributed by atoms with Crippen molar-refractivity contribution in [2.24, 2.45) is 0 Å². The van der Waals surface area contributed by atoms with Crippen molar-refractivity contribution in [3.8, 4) is 5.75 Å². The first-order chi connectivity index (χ1) is 14.4. The van der Waals surface area contributed by atoms with Crippen LogP contribution in [0.4, 0.5) is 4.79 Å². The first kappa shape index (κ1) is 26.5. The molecule has 0 bridgehead atoms. The lowest BCUT2D eigenvalue weighted by Gasteiger charge is -2.28. The van der Waals surface area contributed by atoms with Crippen LogP contribution in [0.1, 0.15) is 83.9 Å². The molecule has 0 heterocycles. The van der Waals surface area contributed by atoms with Gasteiger partial charge in [0.15, 0.2) is 0 Å². The number of phenolic OH excluding ortho intramolecular Hbond substituents is 1. The molecule has 0 saturated heterocycles. The lowest BCUT2D eigenvalue weighted by atomic mass is 9.78. The van der Waals surface area contributed by atoms with Gasteiger partial charge in [-0.1, -0.05) is 61.0 Å². The molecule has 0 spiro atoms. The molecule has 31 heavy (non-hydrogen) atoms. The standard InChI is InChI=1S/C25H40N2O4/c1-8-21(28)26-13-11-9-10-12-14-27-23(30)31-17-18-15-19(24(2,3)4)22(29)20(16-18)25(5,6)7/h8,15-16,29H,1,9-14,17H2,2-7H3,(H,26,28)(H,27,30). The van der Waals surface area contributed by atoms with Gasteiger partial charge in [0, 0.05) is 13.1 Å². The molecule has 0 radical (unpaired) electrons. The van der Waals surface area contributed by atoms with Gasteiger partial charge in [-0.25, -0.2) is 4.79 Å². The summed E-state index contributed by atoms with van der Waals surface area (Å²) in [5, 5.41) is 16.3. The van der Waals surface area contributed by atoms with Crippen molar-refractivity contribution < 1.29 is 19.4 Å². The Balaban J connectivity index is 2.49. The van der Waals surface area contributed by atoms with Gasteiger partial charge in [0.2, 0.25) is 5.91 Å². The van der Waals surface area contributed by atoms with Gasteiger partial charge in [-0.3, -0.25) is 4.79 Å². The summed E-state index contributed by atoms with van der Waals surface area (Å²) >= 11 is 0. The zero-order valence-electron chi connectivity index (χ0n) is 20.1. The average molecular weight is 433 g/mol. The number of hydrogen-bond acceptors (Lipinski definition) is 4. The number of hydrogen-bond donors (Lipinski definition) is 3. The number of phenols is 1. The van der Waals surface area contributed by atoms with Crippen LogP contribution >= 0.6 is 0 Å². The van der Waals surface area contributed by atoms with E-state index in [1.807, 2.05) is 12.1 Å². The van der Waals surface area contributed by atoms with E-state index in [9.17, 15) is 14.7 Å². The molecule has 0 aliphatic carbocycles. The summed E-state index contributed by atoms with van der Waals surface area (Å²) in [5.41, 5.74) is 2.11. The Bertz CT molecular complexity index is 723. The molecule has 0 unspecified atom stereocenters. The van der Waals surface area contributed by atoms with Crippen LogP contribution in [0.2, 0.25) is 0 Å². The zero-order valence-corrected chi connectivity index (χ0v) is 20.1. The van der Waals surface area contributed by atoms with Crippen LogP contribution < -0.4 is 10.6 Å². The quantitative estimate of drug-likeness (QED) is 0.355. The second kappa shape index (κ2) is 11.8. The monoisotopic (exact) mass is 432 g/mol. The maximum atomic E-state index is 12.1. The molecule has 0 saturated carbocycles. The van der Waals surface area contributed by atoms with Crippen LogP contribution in [0, 0.1) is 0 Å². The van der Waals surface area contributed by atoms with Crippen molar-refractivity contribution in [1.82, 2.24) is 10.6 Å². The van der Waals surface area contributed by atoms with Gasteiger partial charge in [-0.2, -0.15) is 0 Å². The highest BCUT2D eigenvalue weighted by Crippen LogP contribution is 2.39. The predicted octanol–water partition coefficient (Wildman–Crippen LogP) is 5.08. The molecular weight excluding hydrogens is 392 g/mol. The van der Waals surface area contributed by atoms with E-state index in [2.05, 4.69) is 58.8 Å². The second-order valence-electron chi connectivity index (χ2n) is 9.95. The minimum absolute atomic E-state index is 0.151. The number of nitrogens with one attached hydrogen (secondary N) is 2. The fraction of sp³-hybridized carbons (Fsp3) is 0.600. The lowest BCUT2D eigenvalue weighted by Crippen LogP contribution is -2.25. The number of rotatable bonds is 10. The molecular formula is C25H40N2O4. The van der Waals surface area contributed by atoms with Crippen LogP contribution in [0.5, 0.6) is 5.75 Å². The molecule has 3 N–H and O–H groups in total. The van der Waals surface area contributed by atoms with E-state index in [0.29, 0.717) is 18.8 Å². The smallest absolute Gasteiger partial charge is 0.407 e. The highest BCUT2D eigenvalue weighted by atomic mass is 16.5. The predicted molar refractivity (Wildman–Crippen MR) is 125 cm³/mol. The van der Waals surface area contributed by atoms with E-state index in [0.717, 1.165) is 42.4 Å². The summed E-state index contributed by atoms with van der Waals surface area (Å²) in [5.74, 6) is 0.166. The zero-order chi connectivity index (χ0) is 23.7. The molecule has 1 aromatic rings. The molecule has 174 valence electrons. The summed E-state index contributed by atoms with van der Waals surface area (Å²) in [6.45, 7) is 17.1. The molecule has 0 aromatic heterocycles. The number of benzene rings is 1. The summed E-state index contributed by atoms with van der Waals surface area (Å²) in [7, 11) is 0. The first-order valence-corrected chi connectivity index (χ1v) is 11.0. The highest BCUT2D eigenvalue weighted by Gasteiger charge is 2.26. The van der Waals surface area contributed by atoms with Crippen LogP contribution in [-0.4, -0.2) is 30.2 Å². The molecule has 0 aliphatic heterocycles. The van der Waals surface area contributed by atoms with Crippen molar-refractivity contribution in [3.05, 3.63) is 41.5 Å². The van der Waals surface area contributed by atoms with Crippen LogP contribution in [0.25, 0.3) is 0 Å². The summed E-state index contributed by atoms with van der Waals surface area (Å²) < 4.78 is 5.40. The van der Waals surface area contributed by atoms with E-state index < -0.39 is 6.09 Å². The van der Waals surface area contributed by atoms with Gasteiger partial charge in [0.1, 0.15) is 12.4 Å². The molecule has 0 atom stereocenters. The van der Waals surface area contributed by atoms with Crippen molar-refractivity contribution in [2.75, 3.05) is 13.1 Å². The minimum Gasteiger partial charge on any atom is -0.507 e. The van der Waals surface area contributed by atoms with E-state index in [1.165, 1.54) is 6.08 Å². The third-order valence-electron chi connectivity index (χ3n) is 5.01. The maximum absolute atomic E-state index is 12.1. The Kier molecular flexibility index (Phi) is 10.1. The van der Waals surface area contributed by atoms with Crippen molar-refractivity contribution in [1.29, 1.82) is 0 Å². The SMILES string of the molecule is C=CC(=O)NCCCCCCNC(=O)OCc1cc(C(C)(C)C)c(O)c(C(C)(C)C)c1. The Labute approximate surface area is 187 Å². The Morgan fingerprint density at radius 2 is 1.42 bits per heavy atom. The average Bonchev–Trinajstić information content (AvgIpc) is 2.67. The van der Waals surface area contributed by atoms with Gasteiger partial charge in [0.25, 0.3) is 0 Å². The van der Waals surface area contributed by atoms with Crippen molar-refractivity contribution in [3.63, 3.8) is 0 Å². The molecule has 2 amide bonds. The first-order valence-electron chi connectivity index (χ1n) is 11.0. The third-order valence-corrected chi connectivity index (χ3v) is 5.01. The Morgan fingerprint density at radius 1 is 0.935 bits per heavy atom. The van der Waals surface area contributed by atoms with Crippen molar-refractivity contribution >= 4 is 12.0 Å². The number of carbonyl (C=O) groups is 2. The highest BCUT2D eigenvalue weighted by molar-refractivity contribution is 5.86. The van der Waals surface area contributed by atoms with E-state index in [-0.39, 0.29) is 23.3 Å².